The molecule has 0 atom stereocenters. The van der Waals surface area contributed by atoms with Crippen LogP contribution in [0.2, 0.25) is 5.02 Å². The van der Waals surface area contributed by atoms with E-state index >= 15 is 0 Å². The summed E-state index contributed by atoms with van der Waals surface area (Å²) in [5, 5.41) is -0.0917. The van der Waals surface area contributed by atoms with E-state index in [0.717, 1.165) is 21.3 Å². The van der Waals surface area contributed by atoms with E-state index in [2.05, 4.69) is 27.6 Å². The number of cyclic esters (lactones) is 1. The third kappa shape index (κ3) is 3.28. The fourth-order valence-electron chi connectivity index (χ4n) is 1.95. The topological polar surface area (TPSA) is 38.7 Å². The second-order valence-corrected chi connectivity index (χ2v) is 6.17. The van der Waals surface area contributed by atoms with E-state index in [0.29, 0.717) is 0 Å². The highest BCUT2D eigenvalue weighted by atomic mass is 127. The summed E-state index contributed by atoms with van der Waals surface area (Å²) in [5.41, 5.74) is 0.872. The Bertz CT molecular complexity index is 880. The van der Waals surface area contributed by atoms with Crippen molar-refractivity contribution in [1.29, 1.82) is 0 Å². The van der Waals surface area contributed by atoms with Crippen LogP contribution in [0.15, 0.2) is 47.1 Å². The summed E-state index contributed by atoms with van der Waals surface area (Å²) in [5.74, 6) is -3.02. The molecule has 116 valence electrons. The molecule has 0 saturated carbocycles. The standard InChI is InChI=1S/C16H7ClF2INO2/c17-10-7-12(19)11(18)6-9(10)15-21-14(16(22)23-15)5-8-3-1-2-4-13(8)20/h1-7H/b14-5+. The van der Waals surface area contributed by atoms with E-state index in [1.165, 1.54) is 0 Å². The predicted molar refractivity (Wildman–Crippen MR) is 91.1 cm³/mol. The van der Waals surface area contributed by atoms with Crippen LogP contribution in [0.25, 0.3) is 6.08 Å². The Morgan fingerprint density at radius 2 is 1.87 bits per heavy atom. The fourth-order valence-corrected chi connectivity index (χ4v) is 2.72. The highest BCUT2D eigenvalue weighted by molar-refractivity contribution is 14.1. The van der Waals surface area contributed by atoms with Crippen molar-refractivity contribution in [3.63, 3.8) is 0 Å². The third-order valence-corrected chi connectivity index (χ3v) is 4.35. The monoisotopic (exact) mass is 445 g/mol. The van der Waals surface area contributed by atoms with Gasteiger partial charge in [-0.3, -0.25) is 0 Å². The average molecular weight is 446 g/mol. The first kappa shape index (κ1) is 16.1. The van der Waals surface area contributed by atoms with Crippen molar-refractivity contribution >= 4 is 52.1 Å². The quantitative estimate of drug-likeness (QED) is 0.294. The van der Waals surface area contributed by atoms with Crippen molar-refractivity contribution in [2.45, 2.75) is 0 Å². The fraction of sp³-hybridized carbons (Fsp3) is 0. The predicted octanol–water partition coefficient (Wildman–Crippen LogP) is 4.57. The molecule has 3 nitrogen and oxygen atoms in total. The van der Waals surface area contributed by atoms with Crippen LogP contribution in [0, 0.1) is 15.2 Å². The lowest BCUT2D eigenvalue weighted by Crippen LogP contribution is -2.07. The molecule has 0 N–H and O–H groups in total. The first-order chi connectivity index (χ1) is 11.0. The van der Waals surface area contributed by atoms with Gasteiger partial charge in [0.15, 0.2) is 17.3 Å². The maximum Gasteiger partial charge on any atom is 0.363 e. The van der Waals surface area contributed by atoms with E-state index in [1.54, 1.807) is 6.08 Å². The molecular weight excluding hydrogens is 439 g/mol. The summed E-state index contributed by atoms with van der Waals surface area (Å²) in [4.78, 5) is 16.0. The molecule has 0 spiro atoms. The van der Waals surface area contributed by atoms with Gasteiger partial charge in [0, 0.05) is 3.57 Å². The van der Waals surface area contributed by atoms with Gasteiger partial charge in [0.1, 0.15) is 0 Å². The van der Waals surface area contributed by atoms with Crippen molar-refractivity contribution < 1.29 is 18.3 Å². The van der Waals surface area contributed by atoms with Gasteiger partial charge in [-0.1, -0.05) is 29.8 Å². The van der Waals surface area contributed by atoms with Gasteiger partial charge in [-0.25, -0.2) is 18.6 Å². The molecule has 23 heavy (non-hydrogen) atoms. The highest BCUT2D eigenvalue weighted by Gasteiger charge is 2.26. The number of aliphatic imine (C=N–C) groups is 1. The minimum atomic E-state index is -1.10. The molecule has 0 radical (unpaired) electrons. The second kappa shape index (κ2) is 6.37. The first-order valence-electron chi connectivity index (χ1n) is 6.37. The minimum absolute atomic E-state index is 0.0186. The number of ether oxygens (including phenoxy) is 1. The third-order valence-electron chi connectivity index (χ3n) is 3.06. The van der Waals surface area contributed by atoms with E-state index in [1.807, 2.05) is 24.3 Å². The lowest BCUT2D eigenvalue weighted by molar-refractivity contribution is -0.129. The largest absolute Gasteiger partial charge is 0.402 e. The number of carbonyl (C=O) groups excluding carboxylic acids is 1. The van der Waals surface area contributed by atoms with Crippen LogP contribution in [0.5, 0.6) is 0 Å². The summed E-state index contributed by atoms with van der Waals surface area (Å²) in [6.07, 6.45) is 1.56. The van der Waals surface area contributed by atoms with Crippen molar-refractivity contribution in [1.82, 2.24) is 0 Å². The summed E-state index contributed by atoms with van der Waals surface area (Å²) in [7, 11) is 0. The van der Waals surface area contributed by atoms with E-state index in [9.17, 15) is 13.6 Å². The van der Waals surface area contributed by atoms with E-state index in [4.69, 9.17) is 16.3 Å². The van der Waals surface area contributed by atoms with E-state index in [-0.39, 0.29) is 22.2 Å². The lowest BCUT2D eigenvalue weighted by Gasteiger charge is -2.03. The molecule has 0 amide bonds. The molecule has 0 aromatic heterocycles. The zero-order chi connectivity index (χ0) is 16.6. The Kier molecular flexibility index (Phi) is 4.45. The van der Waals surface area contributed by atoms with Crippen LogP contribution in [0.4, 0.5) is 8.78 Å². The van der Waals surface area contributed by atoms with Crippen LogP contribution >= 0.6 is 34.2 Å². The van der Waals surface area contributed by atoms with Gasteiger partial charge in [0.05, 0.1) is 10.6 Å². The lowest BCUT2D eigenvalue weighted by atomic mass is 10.2. The molecule has 3 rings (SSSR count). The van der Waals surface area contributed by atoms with Gasteiger partial charge in [-0.2, -0.15) is 0 Å². The molecule has 7 heteroatoms. The van der Waals surface area contributed by atoms with Gasteiger partial charge in [-0.05, 0) is 52.4 Å². The van der Waals surface area contributed by atoms with Crippen LogP contribution in [-0.4, -0.2) is 11.9 Å². The molecule has 1 aliphatic heterocycles. The van der Waals surface area contributed by atoms with Crippen molar-refractivity contribution in [2.24, 2.45) is 4.99 Å². The van der Waals surface area contributed by atoms with E-state index < -0.39 is 17.6 Å². The molecule has 0 fully saturated rings. The van der Waals surface area contributed by atoms with Crippen molar-refractivity contribution in [2.75, 3.05) is 0 Å². The van der Waals surface area contributed by atoms with Crippen LogP contribution in [0.3, 0.4) is 0 Å². The van der Waals surface area contributed by atoms with Gasteiger partial charge < -0.3 is 4.74 Å². The molecule has 2 aromatic rings. The number of nitrogens with zero attached hydrogens (tertiary/aromatic N) is 1. The maximum absolute atomic E-state index is 13.4. The van der Waals surface area contributed by atoms with Crippen LogP contribution < -0.4 is 0 Å². The molecule has 0 aliphatic carbocycles. The zero-order valence-electron chi connectivity index (χ0n) is 11.3. The van der Waals surface area contributed by atoms with Gasteiger partial charge in [-0.15, -0.1) is 0 Å². The molecule has 1 heterocycles. The Balaban J connectivity index is 2.03. The number of hydrogen-bond donors (Lipinski definition) is 0. The molecule has 2 aromatic carbocycles. The summed E-state index contributed by atoms with van der Waals surface area (Å²) in [6.45, 7) is 0. The molecule has 0 saturated heterocycles. The highest BCUT2D eigenvalue weighted by Crippen LogP contribution is 2.26. The summed E-state index contributed by atoms with van der Waals surface area (Å²) in [6, 6.07) is 9.05. The Labute approximate surface area is 148 Å². The molecule has 0 bridgehead atoms. The average Bonchev–Trinajstić information content (AvgIpc) is 2.86. The number of esters is 1. The Morgan fingerprint density at radius 3 is 2.61 bits per heavy atom. The summed E-state index contributed by atoms with van der Waals surface area (Å²) >= 11 is 7.99. The van der Waals surface area contributed by atoms with Crippen LogP contribution in [-0.2, 0) is 9.53 Å². The van der Waals surface area contributed by atoms with Gasteiger partial charge in [0.25, 0.3) is 0 Å². The van der Waals surface area contributed by atoms with Crippen molar-refractivity contribution in [3.05, 3.63) is 73.4 Å². The number of hydrogen-bond acceptors (Lipinski definition) is 3. The zero-order valence-corrected chi connectivity index (χ0v) is 14.2. The SMILES string of the molecule is O=C1OC(c2cc(F)c(F)cc2Cl)=N/C1=C/c1ccccc1I. The van der Waals surface area contributed by atoms with Gasteiger partial charge >= 0.3 is 5.97 Å². The molecule has 1 aliphatic rings. The van der Waals surface area contributed by atoms with Crippen molar-refractivity contribution in [3.8, 4) is 0 Å². The Hall–Kier alpha value is -1.80. The smallest absolute Gasteiger partial charge is 0.363 e. The molecular formula is C16H7ClF2INO2. The number of carbonyl (C=O) groups is 1. The minimum Gasteiger partial charge on any atom is -0.402 e. The first-order valence-corrected chi connectivity index (χ1v) is 7.83. The second-order valence-electron chi connectivity index (χ2n) is 4.60. The number of rotatable bonds is 2. The Morgan fingerprint density at radius 1 is 1.17 bits per heavy atom. The maximum atomic E-state index is 13.4. The summed E-state index contributed by atoms with van der Waals surface area (Å²) < 4.78 is 32.4. The van der Waals surface area contributed by atoms with Gasteiger partial charge in [0.2, 0.25) is 5.90 Å². The number of benzene rings is 2. The number of halogens is 4. The molecule has 0 unspecified atom stereocenters. The normalized spacial score (nSPS) is 15.7. The van der Waals surface area contributed by atoms with Crippen LogP contribution in [0.1, 0.15) is 11.1 Å².